The number of nitrogens with zero attached hydrogens (tertiary/aromatic N) is 2. The summed E-state index contributed by atoms with van der Waals surface area (Å²) in [5.74, 6) is -1.90. The van der Waals surface area contributed by atoms with E-state index < -0.39 is 38.5 Å². The van der Waals surface area contributed by atoms with Crippen molar-refractivity contribution in [3.05, 3.63) is 11.6 Å². The Morgan fingerprint density at radius 3 is 2.39 bits per heavy atom. The van der Waals surface area contributed by atoms with E-state index in [9.17, 15) is 21.6 Å². The molecule has 0 atom stereocenters. The summed E-state index contributed by atoms with van der Waals surface area (Å²) in [5.41, 5.74) is 4.44. The van der Waals surface area contributed by atoms with Crippen LogP contribution in [-0.2, 0) is 10.0 Å². The summed E-state index contributed by atoms with van der Waals surface area (Å²) in [6.07, 6.45) is -5.05. The number of rotatable bonds is 2. The number of anilines is 1. The summed E-state index contributed by atoms with van der Waals surface area (Å²) in [6, 6.07) is 1.82. The fourth-order valence-corrected chi connectivity index (χ4v) is 1.83. The zero-order valence-electron chi connectivity index (χ0n) is 8.39. The molecule has 0 aliphatic carbocycles. The summed E-state index contributed by atoms with van der Waals surface area (Å²) < 4.78 is 61.3. The molecule has 0 amide bonds. The summed E-state index contributed by atoms with van der Waals surface area (Å²) in [5, 5.41) is 13.4. The predicted molar refractivity (Wildman–Crippen MR) is 51.4 cm³/mol. The average molecular weight is 282 g/mol. The van der Waals surface area contributed by atoms with Crippen LogP contribution in [-0.4, -0.2) is 19.8 Å². The number of nitrogen functional groups attached to an aromatic ring is 1. The molecule has 7 nitrogen and oxygen atoms in total. The summed E-state index contributed by atoms with van der Waals surface area (Å²) in [6.45, 7) is 0. The van der Waals surface area contributed by atoms with Crippen LogP contribution in [0, 0.1) is 11.3 Å². The van der Waals surface area contributed by atoms with Gasteiger partial charge < -0.3 is 10.5 Å². The van der Waals surface area contributed by atoms with Gasteiger partial charge in [-0.1, -0.05) is 0 Å². The van der Waals surface area contributed by atoms with E-state index in [1.807, 2.05) is 0 Å². The van der Waals surface area contributed by atoms with Gasteiger partial charge in [-0.25, -0.2) is 13.6 Å². The van der Waals surface area contributed by atoms with E-state index in [0.717, 1.165) is 0 Å². The molecule has 0 aromatic carbocycles. The maximum absolute atomic E-state index is 11.9. The van der Waals surface area contributed by atoms with Crippen LogP contribution in [0.25, 0.3) is 0 Å². The molecule has 0 saturated carbocycles. The zero-order chi connectivity index (χ0) is 14.1. The number of hydrogen-bond donors (Lipinski definition) is 2. The van der Waals surface area contributed by atoms with Crippen molar-refractivity contribution < 1.29 is 26.3 Å². The largest absolute Gasteiger partial charge is 0.574 e. The summed E-state index contributed by atoms with van der Waals surface area (Å²) in [7, 11) is -4.38. The van der Waals surface area contributed by atoms with Crippen molar-refractivity contribution in [2.24, 2.45) is 5.14 Å². The molecule has 0 saturated heterocycles. The van der Waals surface area contributed by atoms with Crippen LogP contribution in [0.5, 0.6) is 5.88 Å². The number of primary sulfonamides is 1. The molecule has 1 aromatic rings. The number of pyridine rings is 1. The number of ether oxygens (including phenoxy) is 1. The first kappa shape index (κ1) is 14.0. The fourth-order valence-electron chi connectivity index (χ4n) is 1.08. The van der Waals surface area contributed by atoms with E-state index in [-0.39, 0.29) is 0 Å². The molecule has 0 aliphatic heterocycles. The van der Waals surface area contributed by atoms with Gasteiger partial charge in [-0.2, -0.15) is 10.2 Å². The molecular weight excluding hydrogens is 277 g/mol. The number of nitrogens with two attached hydrogens (primary N) is 2. The highest BCUT2D eigenvalue weighted by Gasteiger charge is 2.33. The third-order valence-corrected chi connectivity index (χ3v) is 2.60. The normalized spacial score (nSPS) is 11.9. The van der Waals surface area contributed by atoms with Crippen molar-refractivity contribution in [1.82, 2.24) is 4.98 Å². The average Bonchev–Trinajstić information content (AvgIpc) is 2.11. The van der Waals surface area contributed by atoms with Gasteiger partial charge in [0.15, 0.2) is 0 Å². The Morgan fingerprint density at radius 1 is 1.44 bits per heavy atom. The SMILES string of the molecule is N#Cc1cc(OC(F)(F)F)nc(N)c1S(N)(=O)=O. The molecule has 0 fully saturated rings. The van der Waals surface area contributed by atoms with Crippen molar-refractivity contribution in [3.8, 4) is 11.9 Å². The predicted octanol–water partition coefficient (Wildman–Crippen LogP) is 0.0815. The number of sulfonamides is 1. The molecule has 1 heterocycles. The van der Waals surface area contributed by atoms with Crippen molar-refractivity contribution in [2.45, 2.75) is 11.3 Å². The van der Waals surface area contributed by atoms with Crippen LogP contribution in [0.1, 0.15) is 5.56 Å². The second-order valence-electron chi connectivity index (χ2n) is 2.93. The van der Waals surface area contributed by atoms with E-state index >= 15 is 0 Å². The maximum Gasteiger partial charge on any atom is 0.574 e. The van der Waals surface area contributed by atoms with Crippen LogP contribution in [0.15, 0.2) is 11.0 Å². The lowest BCUT2D eigenvalue weighted by Crippen LogP contribution is -2.20. The van der Waals surface area contributed by atoms with E-state index in [2.05, 4.69) is 9.72 Å². The van der Waals surface area contributed by atoms with Gasteiger partial charge in [0.25, 0.3) is 0 Å². The Hall–Kier alpha value is -2.06. The lowest BCUT2D eigenvalue weighted by atomic mass is 10.3. The highest BCUT2D eigenvalue weighted by Crippen LogP contribution is 2.27. The Labute approximate surface area is 98.8 Å². The molecule has 0 unspecified atom stereocenters. The minimum Gasteiger partial charge on any atom is -0.388 e. The molecule has 0 spiro atoms. The molecule has 4 N–H and O–H groups in total. The Bertz CT molecular complexity index is 620. The quantitative estimate of drug-likeness (QED) is 0.789. The van der Waals surface area contributed by atoms with Crippen molar-refractivity contribution in [1.29, 1.82) is 5.26 Å². The van der Waals surface area contributed by atoms with Gasteiger partial charge in [-0.15, -0.1) is 13.2 Å². The van der Waals surface area contributed by atoms with Gasteiger partial charge in [-0.05, 0) is 0 Å². The number of nitriles is 1. The fraction of sp³-hybridized carbons (Fsp3) is 0.143. The molecule has 0 radical (unpaired) electrons. The van der Waals surface area contributed by atoms with Crippen molar-refractivity contribution >= 4 is 15.8 Å². The van der Waals surface area contributed by atoms with Crippen LogP contribution in [0.4, 0.5) is 19.0 Å². The second-order valence-corrected chi connectivity index (χ2v) is 4.43. The van der Waals surface area contributed by atoms with Gasteiger partial charge in [0.1, 0.15) is 16.8 Å². The van der Waals surface area contributed by atoms with Crippen LogP contribution >= 0.6 is 0 Å². The van der Waals surface area contributed by atoms with Crippen LogP contribution in [0.3, 0.4) is 0 Å². The highest BCUT2D eigenvalue weighted by molar-refractivity contribution is 7.89. The lowest BCUT2D eigenvalue weighted by molar-refractivity contribution is -0.276. The van der Waals surface area contributed by atoms with E-state index in [4.69, 9.17) is 16.1 Å². The topological polar surface area (TPSA) is 132 Å². The number of halogens is 3. The van der Waals surface area contributed by atoms with Gasteiger partial charge in [-0.3, -0.25) is 0 Å². The molecule has 98 valence electrons. The lowest BCUT2D eigenvalue weighted by Gasteiger charge is -2.10. The summed E-state index contributed by atoms with van der Waals surface area (Å²) in [4.78, 5) is 2.21. The van der Waals surface area contributed by atoms with E-state index in [1.165, 1.54) is 6.07 Å². The number of alkyl halides is 3. The highest BCUT2D eigenvalue weighted by atomic mass is 32.2. The van der Waals surface area contributed by atoms with Crippen LogP contribution in [0.2, 0.25) is 0 Å². The molecule has 1 rings (SSSR count). The Morgan fingerprint density at radius 2 is 2.00 bits per heavy atom. The minimum atomic E-state index is -5.05. The van der Waals surface area contributed by atoms with Gasteiger partial charge in [0.05, 0.1) is 5.56 Å². The molecule has 18 heavy (non-hydrogen) atoms. The third-order valence-electron chi connectivity index (χ3n) is 1.60. The maximum atomic E-state index is 11.9. The smallest absolute Gasteiger partial charge is 0.388 e. The molecular formula is C7H5F3N4O3S. The number of hydrogen-bond acceptors (Lipinski definition) is 6. The molecule has 11 heteroatoms. The van der Waals surface area contributed by atoms with Crippen molar-refractivity contribution in [3.63, 3.8) is 0 Å². The monoisotopic (exact) mass is 282 g/mol. The first-order valence-corrected chi connectivity index (χ1v) is 5.58. The third kappa shape index (κ3) is 3.22. The van der Waals surface area contributed by atoms with Crippen LogP contribution < -0.4 is 15.6 Å². The van der Waals surface area contributed by atoms with E-state index in [1.54, 1.807) is 0 Å². The zero-order valence-corrected chi connectivity index (χ0v) is 9.21. The van der Waals surface area contributed by atoms with Gasteiger partial charge in [0, 0.05) is 6.07 Å². The first-order chi connectivity index (χ1) is 8.04. The van der Waals surface area contributed by atoms with Crippen molar-refractivity contribution in [2.75, 3.05) is 5.73 Å². The Kier molecular flexibility index (Phi) is 3.36. The van der Waals surface area contributed by atoms with E-state index in [0.29, 0.717) is 6.07 Å². The first-order valence-electron chi connectivity index (χ1n) is 4.04. The van der Waals surface area contributed by atoms with Gasteiger partial charge in [0.2, 0.25) is 15.9 Å². The Balaban J connectivity index is 3.43. The standard InChI is InChI=1S/C7H5F3N4O3S/c8-7(9,10)17-4-1-3(2-11)5(6(12)14-4)18(13,15)16/h1H,(H2,12,14)(H2,13,15,16). The number of aromatic nitrogens is 1. The second kappa shape index (κ2) is 4.31. The molecule has 0 bridgehead atoms. The van der Waals surface area contributed by atoms with Gasteiger partial charge >= 0.3 is 6.36 Å². The molecule has 1 aromatic heterocycles. The molecule has 0 aliphatic rings. The minimum absolute atomic E-state index is 0.476. The summed E-state index contributed by atoms with van der Waals surface area (Å²) >= 11 is 0.